The van der Waals surface area contributed by atoms with Crippen LogP contribution >= 0.6 is 0 Å². The summed E-state index contributed by atoms with van der Waals surface area (Å²) in [4.78, 5) is 12.7. The van der Waals surface area contributed by atoms with Crippen LogP contribution in [0.5, 0.6) is 0 Å². The van der Waals surface area contributed by atoms with Crippen LogP contribution in [0.1, 0.15) is 19.8 Å². The van der Waals surface area contributed by atoms with Gasteiger partial charge in [-0.1, -0.05) is 6.92 Å². The van der Waals surface area contributed by atoms with Crippen molar-refractivity contribution >= 4 is 5.91 Å². The molecule has 0 aromatic carbocycles. The van der Waals surface area contributed by atoms with E-state index in [9.17, 15) is 4.79 Å². The average molecular weight is 127 g/mol. The standard InChI is InChI=1S/C7H13NO/c1-6-3-4-8(2)7(9)5-6/h6H,3-5H2,1-2H3/t6-/m0/s1. The van der Waals surface area contributed by atoms with E-state index in [1.807, 2.05) is 7.05 Å². The highest BCUT2D eigenvalue weighted by atomic mass is 16.2. The van der Waals surface area contributed by atoms with Gasteiger partial charge in [0.25, 0.3) is 0 Å². The molecule has 1 aliphatic rings. The van der Waals surface area contributed by atoms with E-state index < -0.39 is 0 Å². The van der Waals surface area contributed by atoms with Crippen molar-refractivity contribution < 1.29 is 4.79 Å². The van der Waals surface area contributed by atoms with Crippen molar-refractivity contribution in [1.82, 2.24) is 4.90 Å². The Hall–Kier alpha value is -0.530. The molecule has 0 radical (unpaired) electrons. The first-order valence-electron chi connectivity index (χ1n) is 3.44. The maximum atomic E-state index is 10.9. The molecule has 0 aromatic heterocycles. The van der Waals surface area contributed by atoms with Crippen molar-refractivity contribution in [3.8, 4) is 0 Å². The van der Waals surface area contributed by atoms with Gasteiger partial charge in [0.2, 0.25) is 5.91 Å². The fourth-order valence-corrected chi connectivity index (χ4v) is 1.09. The number of rotatable bonds is 0. The molecule has 0 unspecified atom stereocenters. The normalized spacial score (nSPS) is 28.9. The topological polar surface area (TPSA) is 20.3 Å². The van der Waals surface area contributed by atoms with Gasteiger partial charge in [0.1, 0.15) is 0 Å². The summed E-state index contributed by atoms with van der Waals surface area (Å²) >= 11 is 0. The fraction of sp³-hybridized carbons (Fsp3) is 0.857. The van der Waals surface area contributed by atoms with Crippen molar-refractivity contribution in [2.24, 2.45) is 5.92 Å². The lowest BCUT2D eigenvalue weighted by atomic mass is 9.99. The highest BCUT2D eigenvalue weighted by Crippen LogP contribution is 2.15. The Labute approximate surface area is 55.8 Å². The van der Waals surface area contributed by atoms with Gasteiger partial charge in [-0.25, -0.2) is 0 Å². The van der Waals surface area contributed by atoms with E-state index in [-0.39, 0.29) is 0 Å². The molecule has 1 saturated heterocycles. The molecule has 1 amide bonds. The quantitative estimate of drug-likeness (QED) is 0.473. The second-order valence-electron chi connectivity index (χ2n) is 2.91. The van der Waals surface area contributed by atoms with Gasteiger partial charge in [0, 0.05) is 20.0 Å². The van der Waals surface area contributed by atoms with Crippen molar-refractivity contribution in [1.29, 1.82) is 0 Å². The summed E-state index contributed by atoms with van der Waals surface area (Å²) in [5, 5.41) is 0. The van der Waals surface area contributed by atoms with Crippen LogP contribution in [0.25, 0.3) is 0 Å². The second kappa shape index (κ2) is 2.38. The van der Waals surface area contributed by atoms with Crippen LogP contribution in [-0.2, 0) is 4.79 Å². The molecule has 0 spiro atoms. The van der Waals surface area contributed by atoms with Crippen LogP contribution in [0.2, 0.25) is 0 Å². The zero-order valence-corrected chi connectivity index (χ0v) is 6.05. The van der Waals surface area contributed by atoms with Crippen LogP contribution < -0.4 is 0 Å². The molecule has 2 heteroatoms. The molecule has 0 saturated carbocycles. The molecule has 9 heavy (non-hydrogen) atoms. The number of nitrogens with zero attached hydrogens (tertiary/aromatic N) is 1. The van der Waals surface area contributed by atoms with E-state index in [1.165, 1.54) is 6.42 Å². The largest absolute Gasteiger partial charge is 0.346 e. The van der Waals surface area contributed by atoms with E-state index in [1.54, 1.807) is 4.90 Å². The summed E-state index contributed by atoms with van der Waals surface area (Å²) in [6, 6.07) is 0. The molecule has 52 valence electrons. The van der Waals surface area contributed by atoms with E-state index in [4.69, 9.17) is 0 Å². The van der Waals surface area contributed by atoms with E-state index >= 15 is 0 Å². The SMILES string of the molecule is C[C@H]1CCN(C)C(=O)C1. The lowest BCUT2D eigenvalue weighted by Gasteiger charge is -2.26. The minimum atomic E-state index is 0.300. The molecule has 1 heterocycles. The minimum Gasteiger partial charge on any atom is -0.346 e. The third-order valence-electron chi connectivity index (χ3n) is 1.91. The molecule has 0 aliphatic carbocycles. The van der Waals surface area contributed by atoms with Gasteiger partial charge < -0.3 is 4.90 Å². The summed E-state index contributed by atoms with van der Waals surface area (Å²) < 4.78 is 0. The highest BCUT2D eigenvalue weighted by Gasteiger charge is 2.18. The summed E-state index contributed by atoms with van der Waals surface area (Å²) in [6.45, 7) is 3.07. The van der Waals surface area contributed by atoms with Gasteiger partial charge in [-0.2, -0.15) is 0 Å². The Morgan fingerprint density at radius 3 is 2.78 bits per heavy atom. The monoisotopic (exact) mass is 127 g/mol. The van der Waals surface area contributed by atoms with Crippen LogP contribution in [0.4, 0.5) is 0 Å². The Morgan fingerprint density at radius 2 is 2.33 bits per heavy atom. The van der Waals surface area contributed by atoms with E-state index in [0.717, 1.165) is 13.0 Å². The number of likely N-dealkylation sites (tertiary alicyclic amines) is 1. The molecule has 2 nitrogen and oxygen atoms in total. The molecule has 0 aromatic rings. The number of carbonyl (C=O) groups is 1. The van der Waals surface area contributed by atoms with Crippen molar-refractivity contribution in [2.75, 3.05) is 13.6 Å². The van der Waals surface area contributed by atoms with Gasteiger partial charge in [-0.05, 0) is 12.3 Å². The van der Waals surface area contributed by atoms with Gasteiger partial charge >= 0.3 is 0 Å². The maximum Gasteiger partial charge on any atom is 0.222 e. The Morgan fingerprint density at radius 1 is 1.67 bits per heavy atom. The average Bonchev–Trinajstić information content (AvgIpc) is 1.80. The summed E-state index contributed by atoms with van der Waals surface area (Å²) in [5.74, 6) is 0.905. The molecule has 1 fully saturated rings. The first-order valence-corrected chi connectivity index (χ1v) is 3.44. The van der Waals surface area contributed by atoms with E-state index in [0.29, 0.717) is 11.8 Å². The molecule has 0 N–H and O–H groups in total. The van der Waals surface area contributed by atoms with Crippen LogP contribution in [0.15, 0.2) is 0 Å². The molecule has 0 bridgehead atoms. The number of piperidine rings is 1. The summed E-state index contributed by atoms with van der Waals surface area (Å²) in [6.07, 6.45) is 1.92. The summed E-state index contributed by atoms with van der Waals surface area (Å²) in [5.41, 5.74) is 0. The third-order valence-corrected chi connectivity index (χ3v) is 1.91. The van der Waals surface area contributed by atoms with Crippen molar-refractivity contribution in [2.45, 2.75) is 19.8 Å². The Balaban J connectivity index is 2.44. The third kappa shape index (κ3) is 1.44. The van der Waals surface area contributed by atoms with Crippen LogP contribution in [-0.4, -0.2) is 24.4 Å². The molecule has 1 aliphatic heterocycles. The molecule has 1 rings (SSSR count). The maximum absolute atomic E-state index is 10.9. The Bertz CT molecular complexity index is 122. The van der Waals surface area contributed by atoms with Gasteiger partial charge in [0.15, 0.2) is 0 Å². The number of amides is 1. The number of hydrogen-bond donors (Lipinski definition) is 0. The zero-order chi connectivity index (χ0) is 6.85. The lowest BCUT2D eigenvalue weighted by Crippen LogP contribution is -2.34. The molecule has 1 atom stereocenters. The van der Waals surface area contributed by atoms with Gasteiger partial charge in [-0.3, -0.25) is 4.79 Å². The fourth-order valence-electron chi connectivity index (χ4n) is 1.09. The van der Waals surface area contributed by atoms with Crippen LogP contribution in [0, 0.1) is 5.92 Å². The first-order chi connectivity index (χ1) is 4.20. The van der Waals surface area contributed by atoms with Gasteiger partial charge in [0.05, 0.1) is 0 Å². The second-order valence-corrected chi connectivity index (χ2v) is 2.91. The minimum absolute atomic E-state index is 0.300. The highest BCUT2D eigenvalue weighted by molar-refractivity contribution is 5.76. The Kier molecular flexibility index (Phi) is 1.74. The summed E-state index contributed by atoms with van der Waals surface area (Å²) in [7, 11) is 1.87. The predicted molar refractivity (Wildman–Crippen MR) is 36.0 cm³/mol. The van der Waals surface area contributed by atoms with Crippen LogP contribution in [0.3, 0.4) is 0 Å². The lowest BCUT2D eigenvalue weighted by molar-refractivity contribution is -0.133. The van der Waals surface area contributed by atoms with Crippen molar-refractivity contribution in [3.05, 3.63) is 0 Å². The predicted octanol–water partition coefficient (Wildman–Crippen LogP) is 0.875. The van der Waals surface area contributed by atoms with Gasteiger partial charge in [-0.15, -0.1) is 0 Å². The zero-order valence-electron chi connectivity index (χ0n) is 6.05. The number of carbonyl (C=O) groups excluding carboxylic acids is 1. The molecular weight excluding hydrogens is 114 g/mol. The van der Waals surface area contributed by atoms with E-state index in [2.05, 4.69) is 6.92 Å². The smallest absolute Gasteiger partial charge is 0.222 e. The number of hydrogen-bond acceptors (Lipinski definition) is 1. The molecular formula is C7H13NO. The first kappa shape index (κ1) is 6.59. The van der Waals surface area contributed by atoms with Crippen molar-refractivity contribution in [3.63, 3.8) is 0 Å².